The molecule has 1 aliphatic carbocycles. The minimum absolute atomic E-state index is 0.0528. The molecule has 2 aliphatic rings. The van der Waals surface area contributed by atoms with Crippen LogP contribution in [0, 0.1) is 0 Å². The topological polar surface area (TPSA) is 75.7 Å². The Balaban J connectivity index is 1.84. The number of amides is 3. The van der Waals surface area contributed by atoms with Crippen LogP contribution in [0.2, 0.25) is 0 Å². The van der Waals surface area contributed by atoms with E-state index in [1.807, 2.05) is 0 Å². The largest absolute Gasteiger partial charge is 0.497 e. The zero-order valence-corrected chi connectivity index (χ0v) is 11.7. The fourth-order valence-corrected chi connectivity index (χ4v) is 2.56. The van der Waals surface area contributed by atoms with Crippen molar-refractivity contribution < 1.29 is 19.1 Å². The predicted molar refractivity (Wildman–Crippen MR) is 73.7 cm³/mol. The molecule has 1 aromatic carbocycles. The Kier molecular flexibility index (Phi) is 3.37. The van der Waals surface area contributed by atoms with Crippen LogP contribution < -0.4 is 10.1 Å². The van der Waals surface area contributed by atoms with E-state index in [-0.39, 0.29) is 30.2 Å². The Bertz CT molecular complexity index is 592. The average molecular weight is 288 g/mol. The standard InChI is InChI=1S/C15H16N2O4/c1-21-11-6-2-9(3-7-11)15(20)17(10-4-5-10)12-8-13(18)16-14(12)19/h2-3,6-7,10,12H,4-5,8H2,1H3,(H,16,18,19)/t12-/m1/s1. The molecule has 6 nitrogen and oxygen atoms in total. The van der Waals surface area contributed by atoms with Gasteiger partial charge in [-0.15, -0.1) is 0 Å². The third-order valence-corrected chi connectivity index (χ3v) is 3.79. The second kappa shape index (κ2) is 5.20. The number of nitrogens with zero attached hydrogens (tertiary/aromatic N) is 1. The first-order valence-electron chi connectivity index (χ1n) is 6.90. The lowest BCUT2D eigenvalue weighted by molar-refractivity contribution is -0.126. The van der Waals surface area contributed by atoms with Gasteiger partial charge in [0.15, 0.2) is 0 Å². The van der Waals surface area contributed by atoms with E-state index in [0.717, 1.165) is 12.8 Å². The number of carbonyl (C=O) groups excluding carboxylic acids is 3. The molecule has 3 amide bonds. The molecule has 6 heteroatoms. The second-order valence-electron chi connectivity index (χ2n) is 5.30. The molecule has 1 N–H and O–H groups in total. The number of rotatable bonds is 4. The van der Waals surface area contributed by atoms with Crippen molar-refractivity contribution in [3.8, 4) is 5.75 Å². The summed E-state index contributed by atoms with van der Waals surface area (Å²) >= 11 is 0. The van der Waals surface area contributed by atoms with Gasteiger partial charge in [0.1, 0.15) is 11.8 Å². The van der Waals surface area contributed by atoms with Gasteiger partial charge in [0.05, 0.1) is 13.5 Å². The summed E-state index contributed by atoms with van der Waals surface area (Å²) in [5, 5.41) is 2.26. The fourth-order valence-electron chi connectivity index (χ4n) is 2.56. The van der Waals surface area contributed by atoms with Gasteiger partial charge in [-0.3, -0.25) is 19.7 Å². The highest BCUT2D eigenvalue weighted by molar-refractivity contribution is 6.08. The van der Waals surface area contributed by atoms with Crippen molar-refractivity contribution in [3.63, 3.8) is 0 Å². The molecule has 21 heavy (non-hydrogen) atoms. The molecule has 0 spiro atoms. The maximum Gasteiger partial charge on any atom is 0.254 e. The van der Waals surface area contributed by atoms with Crippen molar-refractivity contribution >= 4 is 17.7 Å². The van der Waals surface area contributed by atoms with Crippen molar-refractivity contribution in [3.05, 3.63) is 29.8 Å². The van der Waals surface area contributed by atoms with E-state index < -0.39 is 6.04 Å². The summed E-state index contributed by atoms with van der Waals surface area (Å²) in [6.07, 6.45) is 1.80. The van der Waals surface area contributed by atoms with Crippen molar-refractivity contribution in [2.45, 2.75) is 31.3 Å². The summed E-state index contributed by atoms with van der Waals surface area (Å²) in [5.41, 5.74) is 0.495. The summed E-state index contributed by atoms with van der Waals surface area (Å²) in [6.45, 7) is 0. The van der Waals surface area contributed by atoms with Gasteiger partial charge in [-0.25, -0.2) is 0 Å². The highest BCUT2D eigenvalue weighted by Crippen LogP contribution is 2.32. The van der Waals surface area contributed by atoms with Gasteiger partial charge in [-0.2, -0.15) is 0 Å². The number of ether oxygens (including phenoxy) is 1. The van der Waals surface area contributed by atoms with Gasteiger partial charge in [0.2, 0.25) is 11.8 Å². The minimum atomic E-state index is -0.681. The van der Waals surface area contributed by atoms with E-state index in [1.54, 1.807) is 36.3 Å². The van der Waals surface area contributed by atoms with Crippen molar-refractivity contribution in [2.75, 3.05) is 7.11 Å². The van der Waals surface area contributed by atoms with Crippen molar-refractivity contribution in [2.24, 2.45) is 0 Å². The molecule has 0 bridgehead atoms. The predicted octanol–water partition coefficient (Wildman–Crippen LogP) is 0.715. The molecule has 1 atom stereocenters. The molecule has 0 aromatic heterocycles. The number of hydrogen-bond acceptors (Lipinski definition) is 4. The molecule has 1 heterocycles. The lowest BCUT2D eigenvalue weighted by Crippen LogP contribution is -2.45. The van der Waals surface area contributed by atoms with E-state index in [1.165, 1.54) is 0 Å². The second-order valence-corrected chi connectivity index (χ2v) is 5.30. The molecular weight excluding hydrogens is 272 g/mol. The highest BCUT2D eigenvalue weighted by atomic mass is 16.5. The molecule has 1 aliphatic heterocycles. The van der Waals surface area contributed by atoms with Crippen LogP contribution in [0.25, 0.3) is 0 Å². The first-order chi connectivity index (χ1) is 10.1. The lowest BCUT2D eigenvalue weighted by Gasteiger charge is -2.26. The molecular formula is C15H16N2O4. The number of imide groups is 1. The van der Waals surface area contributed by atoms with E-state index in [2.05, 4.69) is 5.32 Å². The van der Waals surface area contributed by atoms with Crippen LogP contribution in [0.15, 0.2) is 24.3 Å². The van der Waals surface area contributed by atoms with Crippen LogP contribution in [-0.4, -0.2) is 41.8 Å². The number of methoxy groups -OCH3 is 1. The van der Waals surface area contributed by atoms with Gasteiger partial charge in [0.25, 0.3) is 5.91 Å². The third-order valence-electron chi connectivity index (χ3n) is 3.79. The van der Waals surface area contributed by atoms with Crippen LogP contribution in [-0.2, 0) is 9.59 Å². The summed E-state index contributed by atoms with van der Waals surface area (Å²) < 4.78 is 5.07. The van der Waals surface area contributed by atoms with Crippen LogP contribution >= 0.6 is 0 Å². The van der Waals surface area contributed by atoms with E-state index in [0.29, 0.717) is 11.3 Å². The molecule has 1 saturated heterocycles. The zero-order valence-electron chi connectivity index (χ0n) is 11.7. The van der Waals surface area contributed by atoms with Gasteiger partial charge in [-0.1, -0.05) is 0 Å². The summed E-state index contributed by atoms with van der Waals surface area (Å²) in [5.74, 6) is -0.250. The van der Waals surface area contributed by atoms with Crippen LogP contribution in [0.3, 0.4) is 0 Å². The first kappa shape index (κ1) is 13.6. The molecule has 0 unspecified atom stereocenters. The lowest BCUT2D eigenvalue weighted by atomic mass is 10.1. The van der Waals surface area contributed by atoms with Gasteiger partial charge in [0, 0.05) is 11.6 Å². The summed E-state index contributed by atoms with van der Waals surface area (Å²) in [6, 6.07) is 6.13. The quantitative estimate of drug-likeness (QED) is 0.828. The monoisotopic (exact) mass is 288 g/mol. The van der Waals surface area contributed by atoms with Crippen molar-refractivity contribution in [1.82, 2.24) is 10.2 Å². The average Bonchev–Trinajstić information content (AvgIpc) is 3.25. The molecule has 110 valence electrons. The minimum Gasteiger partial charge on any atom is -0.497 e. The summed E-state index contributed by atoms with van der Waals surface area (Å²) in [7, 11) is 1.56. The maximum atomic E-state index is 12.7. The summed E-state index contributed by atoms with van der Waals surface area (Å²) in [4.78, 5) is 37.4. The Morgan fingerprint density at radius 1 is 1.24 bits per heavy atom. The van der Waals surface area contributed by atoms with Crippen LogP contribution in [0.4, 0.5) is 0 Å². The Morgan fingerprint density at radius 2 is 1.90 bits per heavy atom. The van der Waals surface area contributed by atoms with Gasteiger partial charge < -0.3 is 9.64 Å². The zero-order chi connectivity index (χ0) is 15.0. The first-order valence-corrected chi connectivity index (χ1v) is 6.90. The molecule has 1 aromatic rings. The Labute approximate surface area is 122 Å². The van der Waals surface area contributed by atoms with Gasteiger partial charge >= 0.3 is 0 Å². The van der Waals surface area contributed by atoms with E-state index >= 15 is 0 Å². The van der Waals surface area contributed by atoms with Gasteiger partial charge in [-0.05, 0) is 37.1 Å². The van der Waals surface area contributed by atoms with Crippen LogP contribution in [0.1, 0.15) is 29.6 Å². The normalized spacial score (nSPS) is 21.1. The number of nitrogens with one attached hydrogen (secondary N) is 1. The molecule has 1 saturated carbocycles. The van der Waals surface area contributed by atoms with Crippen molar-refractivity contribution in [1.29, 1.82) is 0 Å². The molecule has 3 rings (SSSR count). The Hall–Kier alpha value is -2.37. The smallest absolute Gasteiger partial charge is 0.254 e. The number of carbonyl (C=O) groups is 3. The SMILES string of the molecule is COc1ccc(C(=O)N(C2CC2)[C@@H]2CC(=O)NC2=O)cc1. The van der Waals surface area contributed by atoms with E-state index in [4.69, 9.17) is 4.74 Å². The third kappa shape index (κ3) is 2.61. The molecule has 2 fully saturated rings. The molecule has 0 radical (unpaired) electrons. The highest BCUT2D eigenvalue weighted by Gasteiger charge is 2.44. The number of hydrogen-bond donors (Lipinski definition) is 1. The fraction of sp³-hybridized carbons (Fsp3) is 0.400. The van der Waals surface area contributed by atoms with E-state index in [9.17, 15) is 14.4 Å². The Morgan fingerprint density at radius 3 is 2.38 bits per heavy atom. The number of benzene rings is 1. The maximum absolute atomic E-state index is 12.7. The van der Waals surface area contributed by atoms with Crippen LogP contribution in [0.5, 0.6) is 5.75 Å².